The van der Waals surface area contributed by atoms with Crippen LogP contribution in [0.5, 0.6) is 0 Å². The smallest absolute Gasteiger partial charge is 0.354 e. The molecule has 11 heteroatoms. The molecule has 26 heavy (non-hydrogen) atoms. The number of carbonyl (C=O) groups excluding carboxylic acids is 1. The molecule has 1 aliphatic heterocycles. The SMILES string of the molecule is CC(C(=O)NCC(F)(F)F)N1CCN(c2ccc(C(F)(F)F)cn2)CC1. The lowest BCUT2D eigenvalue weighted by molar-refractivity contribution is -0.141. The Hall–Kier alpha value is -2.04. The van der Waals surface area contributed by atoms with Crippen LogP contribution in [0.25, 0.3) is 0 Å². The Morgan fingerprint density at radius 2 is 1.77 bits per heavy atom. The van der Waals surface area contributed by atoms with Crippen LogP contribution in [0.3, 0.4) is 0 Å². The highest BCUT2D eigenvalue weighted by Gasteiger charge is 2.32. The van der Waals surface area contributed by atoms with E-state index in [1.807, 2.05) is 5.32 Å². The van der Waals surface area contributed by atoms with Crippen LogP contribution in [0, 0.1) is 0 Å². The van der Waals surface area contributed by atoms with Crippen LogP contribution >= 0.6 is 0 Å². The van der Waals surface area contributed by atoms with Gasteiger partial charge in [-0.05, 0) is 19.1 Å². The van der Waals surface area contributed by atoms with E-state index in [0.717, 1.165) is 12.3 Å². The first kappa shape index (κ1) is 20.3. The number of nitrogens with zero attached hydrogens (tertiary/aromatic N) is 3. The Labute approximate surface area is 146 Å². The molecule has 2 rings (SSSR count). The van der Waals surface area contributed by atoms with E-state index < -0.39 is 36.4 Å². The van der Waals surface area contributed by atoms with Crippen LogP contribution in [0.15, 0.2) is 18.3 Å². The van der Waals surface area contributed by atoms with Crippen LogP contribution in [0.4, 0.5) is 32.2 Å². The van der Waals surface area contributed by atoms with Gasteiger partial charge in [-0.3, -0.25) is 9.69 Å². The summed E-state index contributed by atoms with van der Waals surface area (Å²) in [5.41, 5.74) is -0.838. The molecular formula is C15H18F6N4O. The number of alkyl halides is 6. The van der Waals surface area contributed by atoms with Gasteiger partial charge in [-0.1, -0.05) is 0 Å². The summed E-state index contributed by atoms with van der Waals surface area (Å²) in [6.45, 7) is 1.68. The molecular weight excluding hydrogens is 366 g/mol. The van der Waals surface area contributed by atoms with Gasteiger partial charge in [0.15, 0.2) is 0 Å². The molecule has 1 fully saturated rings. The maximum Gasteiger partial charge on any atom is 0.417 e. The van der Waals surface area contributed by atoms with Gasteiger partial charge in [0.05, 0.1) is 11.6 Å². The zero-order chi connectivity index (χ0) is 19.5. The van der Waals surface area contributed by atoms with Crippen molar-refractivity contribution in [3.63, 3.8) is 0 Å². The molecule has 1 aromatic heterocycles. The number of aromatic nitrogens is 1. The molecule has 1 unspecified atom stereocenters. The number of nitrogens with one attached hydrogen (secondary N) is 1. The number of anilines is 1. The summed E-state index contributed by atoms with van der Waals surface area (Å²) in [5.74, 6) is -0.338. The fourth-order valence-electron chi connectivity index (χ4n) is 2.58. The maximum atomic E-state index is 12.5. The predicted octanol–water partition coefficient (Wildman–Crippen LogP) is 2.29. The zero-order valence-corrected chi connectivity index (χ0v) is 13.9. The highest BCUT2D eigenvalue weighted by atomic mass is 19.4. The molecule has 0 aliphatic carbocycles. The summed E-state index contributed by atoms with van der Waals surface area (Å²) in [5, 5.41) is 1.84. The number of halogens is 6. The van der Waals surface area contributed by atoms with Crippen LogP contribution in [-0.2, 0) is 11.0 Å². The molecule has 2 heterocycles. The number of hydrogen-bond donors (Lipinski definition) is 1. The minimum absolute atomic E-state index is 0.378. The van der Waals surface area contributed by atoms with Gasteiger partial charge in [0.1, 0.15) is 12.4 Å². The van der Waals surface area contributed by atoms with E-state index in [1.165, 1.54) is 13.0 Å². The molecule has 0 aromatic carbocycles. The monoisotopic (exact) mass is 384 g/mol. The van der Waals surface area contributed by atoms with Gasteiger partial charge >= 0.3 is 12.4 Å². The second-order valence-electron chi connectivity index (χ2n) is 5.93. The molecule has 1 amide bonds. The van der Waals surface area contributed by atoms with Crippen molar-refractivity contribution in [1.82, 2.24) is 15.2 Å². The third-order valence-electron chi connectivity index (χ3n) is 4.10. The van der Waals surface area contributed by atoms with Crippen molar-refractivity contribution in [3.8, 4) is 0 Å². The van der Waals surface area contributed by atoms with Crippen LogP contribution in [0.1, 0.15) is 12.5 Å². The molecule has 0 saturated carbocycles. The lowest BCUT2D eigenvalue weighted by atomic mass is 10.2. The lowest BCUT2D eigenvalue weighted by Crippen LogP contribution is -2.54. The van der Waals surface area contributed by atoms with Crippen molar-refractivity contribution >= 4 is 11.7 Å². The normalized spacial score (nSPS) is 17.9. The van der Waals surface area contributed by atoms with Crippen molar-refractivity contribution in [2.24, 2.45) is 0 Å². The fraction of sp³-hybridized carbons (Fsp3) is 0.600. The second-order valence-corrected chi connectivity index (χ2v) is 5.93. The van der Waals surface area contributed by atoms with Crippen molar-refractivity contribution in [3.05, 3.63) is 23.9 Å². The number of pyridine rings is 1. The number of amides is 1. The summed E-state index contributed by atoms with van der Waals surface area (Å²) < 4.78 is 74.1. The number of piperazine rings is 1. The van der Waals surface area contributed by atoms with E-state index >= 15 is 0 Å². The Balaban J connectivity index is 1.87. The van der Waals surface area contributed by atoms with Gasteiger partial charge in [-0.2, -0.15) is 26.3 Å². The summed E-state index contributed by atoms with van der Waals surface area (Å²) in [7, 11) is 0. The fourth-order valence-corrected chi connectivity index (χ4v) is 2.58. The maximum absolute atomic E-state index is 12.5. The van der Waals surface area contributed by atoms with Gasteiger partial charge in [-0.25, -0.2) is 4.98 Å². The topological polar surface area (TPSA) is 48.5 Å². The first-order chi connectivity index (χ1) is 12.0. The molecule has 1 aliphatic rings. The minimum atomic E-state index is -4.47. The summed E-state index contributed by atoms with van der Waals surface area (Å²) in [6.07, 6.45) is -8.17. The van der Waals surface area contributed by atoms with Crippen molar-refractivity contribution < 1.29 is 31.1 Å². The standard InChI is InChI=1S/C15H18F6N4O/c1-10(13(26)23-9-14(16,17)18)24-4-6-25(7-5-24)12-3-2-11(8-22-12)15(19,20)21/h2-3,8,10H,4-7,9H2,1H3,(H,23,26). The minimum Gasteiger partial charge on any atom is -0.354 e. The highest BCUT2D eigenvalue weighted by Crippen LogP contribution is 2.29. The van der Waals surface area contributed by atoms with Crippen molar-refractivity contribution in [2.75, 3.05) is 37.6 Å². The molecule has 5 nitrogen and oxygen atoms in total. The lowest BCUT2D eigenvalue weighted by Gasteiger charge is -2.38. The van der Waals surface area contributed by atoms with Gasteiger partial charge in [0, 0.05) is 32.4 Å². The van der Waals surface area contributed by atoms with E-state index in [2.05, 4.69) is 4.98 Å². The largest absolute Gasteiger partial charge is 0.417 e. The Morgan fingerprint density at radius 1 is 1.15 bits per heavy atom. The molecule has 0 bridgehead atoms. The molecule has 1 aromatic rings. The first-order valence-electron chi connectivity index (χ1n) is 7.84. The molecule has 1 atom stereocenters. The molecule has 1 saturated heterocycles. The first-order valence-corrected chi connectivity index (χ1v) is 7.84. The van der Waals surface area contributed by atoms with Crippen LogP contribution in [0.2, 0.25) is 0 Å². The molecule has 146 valence electrons. The van der Waals surface area contributed by atoms with E-state index in [0.29, 0.717) is 32.0 Å². The highest BCUT2D eigenvalue weighted by molar-refractivity contribution is 5.81. The average molecular weight is 384 g/mol. The second kappa shape index (κ2) is 7.68. The Morgan fingerprint density at radius 3 is 2.23 bits per heavy atom. The van der Waals surface area contributed by atoms with Gasteiger partial charge < -0.3 is 10.2 Å². The number of carbonyl (C=O) groups is 1. The number of rotatable bonds is 4. The summed E-state index contributed by atoms with van der Waals surface area (Å²) >= 11 is 0. The van der Waals surface area contributed by atoms with E-state index in [4.69, 9.17) is 0 Å². The van der Waals surface area contributed by atoms with E-state index in [-0.39, 0.29) is 0 Å². The van der Waals surface area contributed by atoms with E-state index in [9.17, 15) is 31.1 Å². The quantitative estimate of drug-likeness (QED) is 0.810. The van der Waals surface area contributed by atoms with Gasteiger partial charge in [0.2, 0.25) is 5.91 Å². The molecule has 0 radical (unpaired) electrons. The Kier molecular flexibility index (Phi) is 5.99. The zero-order valence-electron chi connectivity index (χ0n) is 13.9. The summed E-state index contributed by atoms with van der Waals surface area (Å²) in [6, 6.07) is 1.49. The van der Waals surface area contributed by atoms with Crippen LogP contribution in [-0.4, -0.2) is 60.7 Å². The molecule has 0 spiro atoms. The number of hydrogen-bond acceptors (Lipinski definition) is 4. The third-order valence-corrected chi connectivity index (χ3v) is 4.10. The third kappa shape index (κ3) is 5.48. The van der Waals surface area contributed by atoms with Gasteiger partial charge in [-0.15, -0.1) is 0 Å². The Bertz CT molecular complexity index is 608. The summed E-state index contributed by atoms with van der Waals surface area (Å²) in [4.78, 5) is 19.1. The van der Waals surface area contributed by atoms with Crippen LogP contribution < -0.4 is 10.2 Å². The van der Waals surface area contributed by atoms with E-state index in [1.54, 1.807) is 9.80 Å². The average Bonchev–Trinajstić information content (AvgIpc) is 2.58. The molecule has 1 N–H and O–H groups in total. The van der Waals surface area contributed by atoms with Gasteiger partial charge in [0.25, 0.3) is 0 Å². The predicted molar refractivity (Wildman–Crippen MR) is 81.6 cm³/mol. The van der Waals surface area contributed by atoms with Crippen molar-refractivity contribution in [2.45, 2.75) is 25.3 Å². The van der Waals surface area contributed by atoms with Crippen molar-refractivity contribution in [1.29, 1.82) is 0 Å².